The molecule has 4 nitrogen and oxygen atoms in total. The van der Waals surface area contributed by atoms with E-state index < -0.39 is 29.4 Å². The zero-order chi connectivity index (χ0) is 22.1. The maximum Gasteiger partial charge on any atom is 0.434 e. The van der Waals surface area contributed by atoms with Crippen LogP contribution in [0.1, 0.15) is 41.2 Å². The number of alkyl halides is 3. The predicted molar refractivity (Wildman–Crippen MR) is 104 cm³/mol. The first-order valence-electron chi connectivity index (χ1n) is 9.00. The second-order valence-corrected chi connectivity index (χ2v) is 8.06. The Morgan fingerprint density at radius 2 is 1.90 bits per heavy atom. The highest BCUT2D eigenvalue weighted by molar-refractivity contribution is 7.14. The Labute approximate surface area is 173 Å². The lowest BCUT2D eigenvalue weighted by Gasteiger charge is -2.09. The molecule has 0 spiro atoms. The highest BCUT2D eigenvalue weighted by Gasteiger charge is 2.34. The Hall–Kier alpha value is -2.75. The molecule has 3 rings (SSSR count). The number of carbonyl (C=O) groups excluding carboxylic acids is 1. The maximum absolute atomic E-state index is 13.5. The van der Waals surface area contributed by atoms with Gasteiger partial charge in [0.05, 0.1) is 0 Å². The first-order chi connectivity index (χ1) is 14.0. The summed E-state index contributed by atoms with van der Waals surface area (Å²) in [6.07, 6.45) is -2.21. The number of hydrogen-bond donors (Lipinski definition) is 1. The van der Waals surface area contributed by atoms with Crippen molar-refractivity contribution in [3.05, 3.63) is 70.0 Å². The SMILES string of the molecule is CC(C)Cc1cc(C(=O)Nc2nc(C(F)(F)F)cs2)n(Cc2ccc(F)c(F)c2)c1. The van der Waals surface area contributed by atoms with E-state index in [0.29, 0.717) is 29.2 Å². The molecule has 0 fully saturated rings. The number of amides is 1. The van der Waals surface area contributed by atoms with E-state index >= 15 is 0 Å². The number of benzene rings is 1. The van der Waals surface area contributed by atoms with Crippen molar-refractivity contribution < 1.29 is 26.7 Å². The van der Waals surface area contributed by atoms with Crippen LogP contribution < -0.4 is 5.32 Å². The van der Waals surface area contributed by atoms with Gasteiger partial charge >= 0.3 is 6.18 Å². The number of nitrogens with zero attached hydrogens (tertiary/aromatic N) is 2. The summed E-state index contributed by atoms with van der Waals surface area (Å²) in [4.78, 5) is 16.1. The van der Waals surface area contributed by atoms with Crippen molar-refractivity contribution in [2.24, 2.45) is 5.92 Å². The molecular formula is C20H18F5N3OS. The van der Waals surface area contributed by atoms with Crippen molar-refractivity contribution in [1.29, 1.82) is 0 Å². The molecule has 3 aromatic rings. The minimum Gasteiger partial charge on any atom is -0.339 e. The third kappa shape index (κ3) is 5.24. The Bertz CT molecular complexity index is 1060. The van der Waals surface area contributed by atoms with Crippen LogP contribution in [0, 0.1) is 17.6 Å². The van der Waals surface area contributed by atoms with Gasteiger partial charge in [0, 0.05) is 18.1 Å². The number of nitrogens with one attached hydrogen (secondary N) is 1. The Morgan fingerprint density at radius 3 is 2.50 bits per heavy atom. The third-order valence-electron chi connectivity index (χ3n) is 4.18. The van der Waals surface area contributed by atoms with Gasteiger partial charge < -0.3 is 4.57 Å². The molecule has 0 unspecified atom stereocenters. The number of halogens is 5. The van der Waals surface area contributed by atoms with Gasteiger partial charge in [-0.1, -0.05) is 19.9 Å². The smallest absolute Gasteiger partial charge is 0.339 e. The standard InChI is InChI=1S/C20H18F5N3OS/c1-11(2)5-13-7-16(18(29)27-19-26-17(10-30-19)20(23,24)25)28(9-13)8-12-3-4-14(21)15(22)6-12/h3-4,6-7,9-11H,5,8H2,1-2H3,(H,26,27,29). The molecule has 0 radical (unpaired) electrons. The van der Waals surface area contributed by atoms with Gasteiger partial charge in [-0.25, -0.2) is 13.8 Å². The van der Waals surface area contributed by atoms with E-state index in [4.69, 9.17) is 0 Å². The van der Waals surface area contributed by atoms with Crippen LogP contribution in [0.2, 0.25) is 0 Å². The summed E-state index contributed by atoms with van der Waals surface area (Å²) in [5.74, 6) is -2.33. The van der Waals surface area contributed by atoms with Gasteiger partial charge in [0.15, 0.2) is 22.5 Å². The molecule has 160 valence electrons. The van der Waals surface area contributed by atoms with E-state index in [9.17, 15) is 26.7 Å². The van der Waals surface area contributed by atoms with Gasteiger partial charge in [-0.05, 0) is 41.7 Å². The fourth-order valence-electron chi connectivity index (χ4n) is 2.93. The first-order valence-corrected chi connectivity index (χ1v) is 9.88. The van der Waals surface area contributed by atoms with Crippen molar-refractivity contribution in [2.75, 3.05) is 5.32 Å². The van der Waals surface area contributed by atoms with Gasteiger partial charge in [-0.3, -0.25) is 10.1 Å². The van der Waals surface area contributed by atoms with Crippen LogP contribution in [0.5, 0.6) is 0 Å². The molecule has 1 amide bonds. The van der Waals surface area contributed by atoms with Crippen LogP contribution in [0.3, 0.4) is 0 Å². The summed E-state index contributed by atoms with van der Waals surface area (Å²) in [5.41, 5.74) is 0.371. The zero-order valence-electron chi connectivity index (χ0n) is 16.1. The molecule has 10 heteroatoms. The molecule has 0 aliphatic heterocycles. The van der Waals surface area contributed by atoms with Gasteiger partial charge in [-0.15, -0.1) is 11.3 Å². The van der Waals surface area contributed by atoms with E-state index in [1.54, 1.807) is 16.8 Å². The first kappa shape index (κ1) is 21.9. The van der Waals surface area contributed by atoms with Crippen molar-refractivity contribution >= 4 is 22.4 Å². The minimum absolute atomic E-state index is 0.0870. The van der Waals surface area contributed by atoms with Crippen molar-refractivity contribution in [2.45, 2.75) is 33.0 Å². The summed E-state index contributed by atoms with van der Waals surface area (Å²) in [5, 5.41) is 3.02. The molecule has 2 heterocycles. The monoisotopic (exact) mass is 443 g/mol. The van der Waals surface area contributed by atoms with Crippen molar-refractivity contribution in [1.82, 2.24) is 9.55 Å². The molecule has 0 aliphatic carbocycles. The second kappa shape index (κ2) is 8.55. The van der Waals surface area contributed by atoms with Crippen LogP contribution >= 0.6 is 11.3 Å². The highest BCUT2D eigenvalue weighted by Crippen LogP contribution is 2.31. The summed E-state index contributed by atoms with van der Waals surface area (Å²) >= 11 is 0.667. The summed E-state index contributed by atoms with van der Waals surface area (Å²) in [6.45, 7) is 4.09. The van der Waals surface area contributed by atoms with Crippen LogP contribution in [-0.4, -0.2) is 15.5 Å². The largest absolute Gasteiger partial charge is 0.434 e. The molecule has 0 saturated carbocycles. The van der Waals surface area contributed by atoms with E-state index in [0.717, 1.165) is 23.1 Å². The lowest BCUT2D eigenvalue weighted by molar-refractivity contribution is -0.140. The average molecular weight is 443 g/mol. The number of aromatic nitrogens is 2. The zero-order valence-corrected chi connectivity index (χ0v) is 16.9. The quantitative estimate of drug-likeness (QED) is 0.494. The van der Waals surface area contributed by atoms with Gasteiger partial charge in [-0.2, -0.15) is 13.2 Å². The number of carbonyl (C=O) groups is 1. The maximum atomic E-state index is 13.5. The molecular weight excluding hydrogens is 425 g/mol. The van der Waals surface area contributed by atoms with E-state index in [1.165, 1.54) is 6.07 Å². The van der Waals surface area contributed by atoms with Crippen LogP contribution in [0.15, 0.2) is 35.8 Å². The van der Waals surface area contributed by atoms with Gasteiger partial charge in [0.1, 0.15) is 5.69 Å². The lowest BCUT2D eigenvalue weighted by atomic mass is 10.1. The molecule has 0 atom stereocenters. The fourth-order valence-corrected chi connectivity index (χ4v) is 3.64. The molecule has 2 aromatic heterocycles. The minimum atomic E-state index is -4.60. The Morgan fingerprint density at radius 1 is 1.17 bits per heavy atom. The normalized spacial score (nSPS) is 11.9. The van der Waals surface area contributed by atoms with E-state index in [1.807, 2.05) is 13.8 Å². The van der Waals surface area contributed by atoms with E-state index in [2.05, 4.69) is 10.3 Å². The Kier molecular flexibility index (Phi) is 6.25. The molecule has 0 saturated heterocycles. The molecule has 1 aromatic carbocycles. The van der Waals surface area contributed by atoms with Crippen molar-refractivity contribution in [3.8, 4) is 0 Å². The molecule has 0 aliphatic rings. The predicted octanol–water partition coefficient (Wildman–Crippen LogP) is 5.74. The van der Waals surface area contributed by atoms with E-state index in [-0.39, 0.29) is 17.4 Å². The fraction of sp³-hybridized carbons (Fsp3) is 0.300. The summed E-state index contributed by atoms with van der Waals surface area (Å²) < 4.78 is 66.5. The summed E-state index contributed by atoms with van der Waals surface area (Å²) in [7, 11) is 0. The van der Waals surface area contributed by atoms with Gasteiger partial charge in [0.25, 0.3) is 5.91 Å². The van der Waals surface area contributed by atoms with Gasteiger partial charge in [0.2, 0.25) is 0 Å². The van der Waals surface area contributed by atoms with Crippen LogP contribution in [-0.2, 0) is 19.1 Å². The third-order valence-corrected chi connectivity index (χ3v) is 4.94. The number of anilines is 1. The topological polar surface area (TPSA) is 46.9 Å². The second-order valence-electron chi connectivity index (χ2n) is 7.20. The van der Waals surface area contributed by atoms with Crippen LogP contribution in [0.4, 0.5) is 27.1 Å². The molecule has 0 bridgehead atoms. The lowest BCUT2D eigenvalue weighted by Crippen LogP contribution is -2.17. The highest BCUT2D eigenvalue weighted by atomic mass is 32.1. The number of thiazole rings is 1. The number of rotatable bonds is 6. The molecule has 30 heavy (non-hydrogen) atoms. The van der Waals surface area contributed by atoms with Crippen LogP contribution in [0.25, 0.3) is 0 Å². The number of hydrogen-bond acceptors (Lipinski definition) is 3. The molecule has 1 N–H and O–H groups in total. The van der Waals surface area contributed by atoms with Crippen molar-refractivity contribution in [3.63, 3.8) is 0 Å². The average Bonchev–Trinajstić information content (AvgIpc) is 3.24. The Balaban J connectivity index is 1.87. The summed E-state index contributed by atoms with van der Waals surface area (Å²) in [6, 6.07) is 5.07.